The third-order valence-electron chi connectivity index (χ3n) is 3.00. The van der Waals surface area contributed by atoms with E-state index in [-0.39, 0.29) is 11.6 Å². The topological polar surface area (TPSA) is 75.0 Å². The molecule has 1 unspecified atom stereocenters. The van der Waals surface area contributed by atoms with E-state index in [1.807, 2.05) is 43.1 Å². The van der Waals surface area contributed by atoms with Gasteiger partial charge in [-0.1, -0.05) is 12.1 Å². The normalized spacial score (nSPS) is 12.1. The van der Waals surface area contributed by atoms with Crippen LogP contribution in [-0.2, 0) is 0 Å². The van der Waals surface area contributed by atoms with E-state index in [2.05, 4.69) is 9.97 Å². The molecule has 94 valence electrons. The first-order valence-corrected chi connectivity index (χ1v) is 5.71. The van der Waals surface area contributed by atoms with Crippen molar-refractivity contribution in [1.82, 2.24) is 9.97 Å². The van der Waals surface area contributed by atoms with Gasteiger partial charge in [-0.25, -0.2) is 4.98 Å². The van der Waals surface area contributed by atoms with Gasteiger partial charge < -0.3 is 15.6 Å². The van der Waals surface area contributed by atoms with Gasteiger partial charge >= 0.3 is 0 Å². The maximum atomic E-state index is 11.3. The zero-order chi connectivity index (χ0) is 13.1. The highest BCUT2D eigenvalue weighted by atomic mass is 16.1. The van der Waals surface area contributed by atoms with Crippen molar-refractivity contribution in [3.63, 3.8) is 0 Å². The summed E-state index contributed by atoms with van der Waals surface area (Å²) in [6.07, 6.45) is 1.40. The third-order valence-corrected chi connectivity index (χ3v) is 3.00. The van der Waals surface area contributed by atoms with Gasteiger partial charge in [0.2, 0.25) is 0 Å². The second kappa shape index (κ2) is 4.91. The summed E-state index contributed by atoms with van der Waals surface area (Å²) in [6, 6.07) is 9.26. The van der Waals surface area contributed by atoms with Crippen molar-refractivity contribution in [2.24, 2.45) is 0 Å². The predicted molar refractivity (Wildman–Crippen MR) is 72.5 cm³/mol. The Labute approximate surface area is 105 Å². The summed E-state index contributed by atoms with van der Waals surface area (Å²) in [5.41, 5.74) is 7.42. The standard InChI is InChI=1S/C13H16N4O/c1-9(10-4-3-5-11(14)6-10)17(2)12-7-13(18)16-8-15-12/h3-9H,14H2,1-2H3,(H,15,16,18). The van der Waals surface area contributed by atoms with Gasteiger partial charge in [0, 0.05) is 18.8 Å². The Balaban J connectivity index is 2.28. The molecular formula is C13H16N4O. The number of anilines is 2. The van der Waals surface area contributed by atoms with Crippen molar-refractivity contribution in [2.75, 3.05) is 17.7 Å². The molecular weight excluding hydrogens is 228 g/mol. The predicted octanol–water partition coefficient (Wildman–Crippen LogP) is 1.55. The monoisotopic (exact) mass is 244 g/mol. The maximum absolute atomic E-state index is 11.3. The van der Waals surface area contributed by atoms with Gasteiger partial charge in [0.15, 0.2) is 0 Å². The molecule has 0 spiro atoms. The average molecular weight is 244 g/mol. The largest absolute Gasteiger partial charge is 0.399 e. The highest BCUT2D eigenvalue weighted by Crippen LogP contribution is 2.23. The smallest absolute Gasteiger partial charge is 0.252 e. The lowest BCUT2D eigenvalue weighted by Crippen LogP contribution is -2.24. The Morgan fingerprint density at radius 1 is 1.39 bits per heavy atom. The molecule has 0 bridgehead atoms. The van der Waals surface area contributed by atoms with E-state index in [9.17, 15) is 4.79 Å². The molecule has 0 aliphatic carbocycles. The van der Waals surface area contributed by atoms with Crippen LogP contribution in [0.3, 0.4) is 0 Å². The van der Waals surface area contributed by atoms with Crippen molar-refractivity contribution in [3.05, 3.63) is 52.6 Å². The number of nitrogens with one attached hydrogen (secondary N) is 1. The minimum absolute atomic E-state index is 0.0859. The van der Waals surface area contributed by atoms with E-state index in [0.717, 1.165) is 11.3 Å². The van der Waals surface area contributed by atoms with Gasteiger partial charge in [-0.15, -0.1) is 0 Å². The SMILES string of the molecule is CC(c1cccc(N)c1)N(C)c1cc(=O)[nH]cn1. The average Bonchev–Trinajstić information content (AvgIpc) is 2.37. The summed E-state index contributed by atoms with van der Waals surface area (Å²) in [7, 11) is 1.90. The van der Waals surface area contributed by atoms with Gasteiger partial charge in [-0.2, -0.15) is 0 Å². The van der Waals surface area contributed by atoms with E-state index in [1.54, 1.807) is 0 Å². The summed E-state index contributed by atoms with van der Waals surface area (Å²) in [5.74, 6) is 0.633. The van der Waals surface area contributed by atoms with Crippen LogP contribution in [-0.4, -0.2) is 17.0 Å². The van der Waals surface area contributed by atoms with Gasteiger partial charge in [-0.3, -0.25) is 4.79 Å². The molecule has 1 aromatic heterocycles. The summed E-state index contributed by atoms with van der Waals surface area (Å²) >= 11 is 0. The number of benzene rings is 1. The fourth-order valence-electron chi connectivity index (χ4n) is 1.79. The van der Waals surface area contributed by atoms with Gasteiger partial charge in [0.1, 0.15) is 5.82 Å². The van der Waals surface area contributed by atoms with Crippen LogP contribution >= 0.6 is 0 Å². The van der Waals surface area contributed by atoms with Crippen LogP contribution in [0.2, 0.25) is 0 Å². The molecule has 5 nitrogen and oxygen atoms in total. The number of H-pyrrole nitrogens is 1. The van der Waals surface area contributed by atoms with Crippen molar-refractivity contribution < 1.29 is 0 Å². The molecule has 18 heavy (non-hydrogen) atoms. The minimum Gasteiger partial charge on any atom is -0.399 e. The van der Waals surface area contributed by atoms with Crippen molar-refractivity contribution in [1.29, 1.82) is 0 Å². The first-order valence-electron chi connectivity index (χ1n) is 5.71. The number of nitrogen functional groups attached to an aromatic ring is 1. The fraction of sp³-hybridized carbons (Fsp3) is 0.231. The molecule has 1 heterocycles. The van der Waals surface area contributed by atoms with Gasteiger partial charge in [0.05, 0.1) is 12.4 Å². The van der Waals surface area contributed by atoms with E-state index in [1.165, 1.54) is 12.4 Å². The van der Waals surface area contributed by atoms with Gasteiger partial charge in [0.25, 0.3) is 5.56 Å². The first kappa shape index (κ1) is 12.2. The van der Waals surface area contributed by atoms with E-state index in [4.69, 9.17) is 5.73 Å². The summed E-state index contributed by atoms with van der Waals surface area (Å²) in [4.78, 5) is 19.8. The number of nitrogens with zero attached hydrogens (tertiary/aromatic N) is 2. The molecule has 1 atom stereocenters. The van der Waals surface area contributed by atoms with Crippen LogP contribution in [0.1, 0.15) is 18.5 Å². The maximum Gasteiger partial charge on any atom is 0.252 e. The Morgan fingerprint density at radius 2 is 2.17 bits per heavy atom. The van der Waals surface area contributed by atoms with Crippen LogP contribution in [0, 0.1) is 0 Å². The molecule has 0 fully saturated rings. The van der Waals surface area contributed by atoms with Crippen LogP contribution < -0.4 is 16.2 Å². The molecule has 3 N–H and O–H groups in total. The molecule has 1 aromatic carbocycles. The van der Waals surface area contributed by atoms with Crippen LogP contribution in [0.5, 0.6) is 0 Å². The molecule has 0 saturated carbocycles. The minimum atomic E-state index is -0.161. The third kappa shape index (κ3) is 2.51. The van der Waals surface area contributed by atoms with Gasteiger partial charge in [-0.05, 0) is 24.6 Å². The molecule has 5 heteroatoms. The second-order valence-corrected chi connectivity index (χ2v) is 4.23. The molecule has 0 saturated heterocycles. The van der Waals surface area contributed by atoms with E-state index >= 15 is 0 Å². The lowest BCUT2D eigenvalue weighted by Gasteiger charge is -2.26. The second-order valence-electron chi connectivity index (χ2n) is 4.23. The zero-order valence-corrected chi connectivity index (χ0v) is 10.4. The molecule has 0 aliphatic rings. The number of hydrogen-bond acceptors (Lipinski definition) is 4. The molecule has 0 aliphatic heterocycles. The van der Waals surface area contributed by atoms with E-state index in [0.29, 0.717) is 5.82 Å². The van der Waals surface area contributed by atoms with Crippen LogP contribution in [0.4, 0.5) is 11.5 Å². The Bertz CT molecular complexity index is 593. The quantitative estimate of drug-likeness (QED) is 0.803. The fourth-order valence-corrected chi connectivity index (χ4v) is 1.79. The van der Waals surface area contributed by atoms with Crippen molar-refractivity contribution >= 4 is 11.5 Å². The Hall–Kier alpha value is -2.30. The number of rotatable bonds is 3. The van der Waals surface area contributed by atoms with Crippen LogP contribution in [0.15, 0.2) is 41.5 Å². The molecule has 2 rings (SSSR count). The highest BCUT2D eigenvalue weighted by Gasteiger charge is 2.13. The van der Waals surface area contributed by atoms with Crippen molar-refractivity contribution in [2.45, 2.75) is 13.0 Å². The number of aromatic amines is 1. The lowest BCUT2D eigenvalue weighted by atomic mass is 10.1. The van der Waals surface area contributed by atoms with E-state index < -0.39 is 0 Å². The zero-order valence-electron chi connectivity index (χ0n) is 10.4. The Morgan fingerprint density at radius 3 is 2.83 bits per heavy atom. The first-order chi connectivity index (χ1) is 8.58. The molecule has 2 aromatic rings. The number of aromatic nitrogens is 2. The Kier molecular flexibility index (Phi) is 3.32. The number of hydrogen-bond donors (Lipinski definition) is 2. The molecule has 0 radical (unpaired) electrons. The molecule has 0 amide bonds. The lowest BCUT2D eigenvalue weighted by molar-refractivity contribution is 0.726. The summed E-state index contributed by atoms with van der Waals surface area (Å²) in [6.45, 7) is 2.04. The summed E-state index contributed by atoms with van der Waals surface area (Å²) < 4.78 is 0. The number of nitrogens with two attached hydrogens (primary N) is 1. The summed E-state index contributed by atoms with van der Waals surface area (Å²) in [5, 5.41) is 0. The van der Waals surface area contributed by atoms with Crippen molar-refractivity contribution in [3.8, 4) is 0 Å². The van der Waals surface area contributed by atoms with Crippen LogP contribution in [0.25, 0.3) is 0 Å². The highest BCUT2D eigenvalue weighted by molar-refractivity contribution is 5.45.